The molecule has 1 amide bonds. The molecule has 2 aromatic carbocycles. The first kappa shape index (κ1) is 23.1. The maximum Gasteiger partial charge on any atom is 0.359 e. The molecule has 2 heterocycles. The van der Waals surface area contributed by atoms with Crippen LogP contribution in [0, 0.1) is 5.82 Å². The van der Waals surface area contributed by atoms with Crippen LogP contribution < -0.4 is 10.9 Å². The van der Waals surface area contributed by atoms with Crippen molar-refractivity contribution in [2.45, 2.75) is 6.92 Å². The van der Waals surface area contributed by atoms with Crippen LogP contribution in [0.4, 0.5) is 9.39 Å². The van der Waals surface area contributed by atoms with Gasteiger partial charge < -0.3 is 10.1 Å². The maximum atomic E-state index is 14.2. The van der Waals surface area contributed by atoms with Crippen molar-refractivity contribution in [2.24, 2.45) is 0 Å². The molecule has 0 aliphatic heterocycles. The Morgan fingerprint density at radius 2 is 1.97 bits per heavy atom. The molecule has 33 heavy (non-hydrogen) atoms. The number of fused-ring (bicyclic) bond motifs is 1. The van der Waals surface area contributed by atoms with Gasteiger partial charge in [0.1, 0.15) is 10.8 Å². The number of hydrogen-bond acceptors (Lipinski definition) is 6. The Kier molecular flexibility index (Phi) is 6.59. The van der Waals surface area contributed by atoms with Crippen molar-refractivity contribution in [2.75, 3.05) is 11.9 Å². The van der Waals surface area contributed by atoms with Crippen LogP contribution in [0.5, 0.6) is 0 Å². The van der Waals surface area contributed by atoms with E-state index in [4.69, 9.17) is 16.3 Å². The van der Waals surface area contributed by atoms with Crippen molar-refractivity contribution < 1.29 is 18.7 Å². The SMILES string of the molecule is CCOC(=O)c1nn(-c2ccc(Br)cc2)c(=O)c2c(NC(=O)c3c(F)cccc3Cl)scc12. The van der Waals surface area contributed by atoms with Crippen molar-refractivity contribution in [3.8, 4) is 5.69 Å². The zero-order valence-electron chi connectivity index (χ0n) is 16.9. The van der Waals surface area contributed by atoms with E-state index in [0.717, 1.165) is 26.6 Å². The maximum absolute atomic E-state index is 14.2. The standard InChI is InChI=1S/C22H14BrClFN3O4S/c1-2-32-22(31)18-13-10-33-20(26-19(29)17-14(24)4-3-5-15(17)25)16(13)21(30)28(27-18)12-8-6-11(23)7-9-12/h3-10H,2H2,1H3,(H,26,29). The van der Waals surface area contributed by atoms with Gasteiger partial charge in [0.25, 0.3) is 11.5 Å². The van der Waals surface area contributed by atoms with E-state index in [1.165, 1.54) is 17.5 Å². The molecule has 168 valence electrons. The van der Waals surface area contributed by atoms with Gasteiger partial charge >= 0.3 is 5.97 Å². The quantitative estimate of drug-likeness (QED) is 0.335. The molecule has 0 saturated carbocycles. The number of rotatable bonds is 5. The van der Waals surface area contributed by atoms with Gasteiger partial charge in [-0.25, -0.2) is 9.18 Å². The normalized spacial score (nSPS) is 10.9. The highest BCUT2D eigenvalue weighted by atomic mass is 79.9. The summed E-state index contributed by atoms with van der Waals surface area (Å²) in [6.07, 6.45) is 0. The Morgan fingerprint density at radius 3 is 2.64 bits per heavy atom. The fourth-order valence-electron chi connectivity index (χ4n) is 3.13. The minimum Gasteiger partial charge on any atom is -0.461 e. The van der Waals surface area contributed by atoms with E-state index in [1.54, 1.807) is 31.2 Å². The van der Waals surface area contributed by atoms with Gasteiger partial charge in [0.05, 0.1) is 28.3 Å². The molecule has 0 spiro atoms. The molecule has 0 saturated heterocycles. The van der Waals surface area contributed by atoms with Crippen molar-refractivity contribution in [1.82, 2.24) is 9.78 Å². The molecule has 0 unspecified atom stereocenters. The number of carbonyl (C=O) groups excluding carboxylic acids is 2. The molecule has 4 rings (SSSR count). The Balaban J connectivity index is 1.90. The number of thiophene rings is 1. The average molecular weight is 551 g/mol. The van der Waals surface area contributed by atoms with E-state index in [-0.39, 0.29) is 38.7 Å². The fourth-order valence-corrected chi connectivity index (χ4v) is 4.57. The Labute approximate surface area is 203 Å². The van der Waals surface area contributed by atoms with Crippen molar-refractivity contribution in [3.63, 3.8) is 0 Å². The largest absolute Gasteiger partial charge is 0.461 e. The third kappa shape index (κ3) is 4.41. The molecule has 0 aliphatic carbocycles. The van der Waals surface area contributed by atoms with Gasteiger partial charge in [-0.2, -0.15) is 9.78 Å². The van der Waals surface area contributed by atoms with E-state index < -0.39 is 23.3 Å². The van der Waals surface area contributed by atoms with E-state index in [2.05, 4.69) is 26.3 Å². The number of nitrogens with zero attached hydrogens (tertiary/aromatic N) is 2. The molecule has 1 N–H and O–H groups in total. The lowest BCUT2D eigenvalue weighted by Gasteiger charge is -2.10. The van der Waals surface area contributed by atoms with Crippen LogP contribution in [0.15, 0.2) is 57.1 Å². The predicted octanol–water partition coefficient (Wildman–Crippen LogP) is 5.43. The summed E-state index contributed by atoms with van der Waals surface area (Å²) in [5.74, 6) is -2.35. The topological polar surface area (TPSA) is 90.3 Å². The van der Waals surface area contributed by atoms with Gasteiger partial charge in [0.2, 0.25) is 0 Å². The van der Waals surface area contributed by atoms with Crippen LogP contribution in [-0.4, -0.2) is 28.3 Å². The molecule has 0 bridgehead atoms. The minimum atomic E-state index is -0.828. The molecule has 0 fully saturated rings. The molecule has 0 radical (unpaired) electrons. The Morgan fingerprint density at radius 1 is 1.24 bits per heavy atom. The van der Waals surface area contributed by atoms with Crippen molar-refractivity contribution in [3.05, 3.63) is 84.8 Å². The van der Waals surface area contributed by atoms with Crippen LogP contribution >= 0.6 is 38.9 Å². The number of esters is 1. The summed E-state index contributed by atoms with van der Waals surface area (Å²) in [5.41, 5.74) is -0.614. The molecular formula is C22H14BrClFN3O4S. The van der Waals surface area contributed by atoms with Gasteiger partial charge in [0, 0.05) is 15.2 Å². The lowest BCUT2D eigenvalue weighted by atomic mass is 10.2. The second-order valence-electron chi connectivity index (χ2n) is 6.67. The molecule has 11 heteroatoms. The Hall–Kier alpha value is -3.08. The molecule has 2 aromatic heterocycles. The van der Waals surface area contributed by atoms with Gasteiger partial charge in [-0.3, -0.25) is 9.59 Å². The highest BCUT2D eigenvalue weighted by Gasteiger charge is 2.24. The zero-order valence-corrected chi connectivity index (χ0v) is 20.1. The third-order valence-electron chi connectivity index (χ3n) is 4.61. The van der Waals surface area contributed by atoms with Crippen LogP contribution in [-0.2, 0) is 4.74 Å². The first-order valence-corrected chi connectivity index (χ1v) is 11.6. The molecule has 0 aliphatic rings. The van der Waals surface area contributed by atoms with Gasteiger partial charge in [-0.15, -0.1) is 11.3 Å². The van der Waals surface area contributed by atoms with Gasteiger partial charge in [-0.05, 0) is 43.3 Å². The first-order valence-electron chi connectivity index (χ1n) is 9.54. The summed E-state index contributed by atoms with van der Waals surface area (Å²) in [7, 11) is 0. The molecule has 4 aromatic rings. The highest BCUT2D eigenvalue weighted by Crippen LogP contribution is 2.32. The van der Waals surface area contributed by atoms with E-state index in [9.17, 15) is 18.8 Å². The molecule has 0 atom stereocenters. The highest BCUT2D eigenvalue weighted by molar-refractivity contribution is 9.10. The second kappa shape index (κ2) is 9.42. The Bertz CT molecular complexity index is 1430. The van der Waals surface area contributed by atoms with Crippen LogP contribution in [0.25, 0.3) is 16.5 Å². The van der Waals surface area contributed by atoms with Crippen LogP contribution in [0.3, 0.4) is 0 Å². The first-order chi connectivity index (χ1) is 15.8. The number of hydrogen-bond donors (Lipinski definition) is 1. The zero-order chi connectivity index (χ0) is 23.7. The number of halogens is 3. The summed E-state index contributed by atoms with van der Waals surface area (Å²) in [4.78, 5) is 38.7. The third-order valence-corrected chi connectivity index (χ3v) is 6.35. The second-order valence-corrected chi connectivity index (χ2v) is 8.87. The predicted molar refractivity (Wildman–Crippen MR) is 128 cm³/mol. The van der Waals surface area contributed by atoms with Crippen LogP contribution in [0.2, 0.25) is 5.02 Å². The van der Waals surface area contributed by atoms with E-state index in [0.29, 0.717) is 5.69 Å². The number of benzene rings is 2. The summed E-state index contributed by atoms with van der Waals surface area (Å²) < 4.78 is 21.2. The average Bonchev–Trinajstić information content (AvgIpc) is 3.19. The van der Waals surface area contributed by atoms with E-state index >= 15 is 0 Å². The van der Waals surface area contributed by atoms with Crippen molar-refractivity contribution in [1.29, 1.82) is 0 Å². The van der Waals surface area contributed by atoms with E-state index in [1.807, 2.05) is 0 Å². The minimum absolute atomic E-state index is 0.0433. The number of carbonyl (C=O) groups is 2. The summed E-state index contributed by atoms with van der Waals surface area (Å²) in [5, 5.41) is 8.59. The van der Waals surface area contributed by atoms with Gasteiger partial charge in [0.15, 0.2) is 5.69 Å². The number of ether oxygens (including phenoxy) is 1. The lowest BCUT2D eigenvalue weighted by Crippen LogP contribution is -2.25. The summed E-state index contributed by atoms with van der Waals surface area (Å²) in [6, 6.07) is 10.6. The number of anilines is 1. The summed E-state index contributed by atoms with van der Waals surface area (Å²) >= 11 is 10.3. The molecular weight excluding hydrogens is 537 g/mol. The number of nitrogens with one attached hydrogen (secondary N) is 1. The van der Waals surface area contributed by atoms with Crippen molar-refractivity contribution >= 4 is 66.5 Å². The smallest absolute Gasteiger partial charge is 0.359 e. The fraction of sp³-hybridized carbons (Fsp3) is 0.0909. The van der Waals surface area contributed by atoms with Gasteiger partial charge in [-0.1, -0.05) is 33.6 Å². The summed E-state index contributed by atoms with van der Waals surface area (Å²) in [6.45, 7) is 1.76. The van der Waals surface area contributed by atoms with Crippen LogP contribution in [0.1, 0.15) is 27.8 Å². The number of amides is 1. The monoisotopic (exact) mass is 549 g/mol. The number of aromatic nitrogens is 2. The molecule has 7 nitrogen and oxygen atoms in total. The lowest BCUT2D eigenvalue weighted by molar-refractivity contribution is 0.0520.